The van der Waals surface area contributed by atoms with Crippen LogP contribution in [0, 0.1) is 0 Å². The highest BCUT2D eigenvalue weighted by Gasteiger charge is 2.22. The number of hydrogen-bond donors (Lipinski definition) is 0. The van der Waals surface area contributed by atoms with Crippen molar-refractivity contribution >= 4 is 17.2 Å². The van der Waals surface area contributed by atoms with Gasteiger partial charge in [0.25, 0.3) is 5.91 Å². The molecule has 0 N–H and O–H groups in total. The van der Waals surface area contributed by atoms with Gasteiger partial charge in [0.1, 0.15) is 11.4 Å². The van der Waals surface area contributed by atoms with Gasteiger partial charge in [-0.1, -0.05) is 48.5 Å². The molecular weight excluding hydrogens is 394 g/mol. The summed E-state index contributed by atoms with van der Waals surface area (Å²) in [5.74, 6) is 0.753. The smallest absolute Gasteiger partial charge is 0.257 e. The molecule has 2 heterocycles. The molecule has 2 aromatic heterocycles. The van der Waals surface area contributed by atoms with Gasteiger partial charge in [-0.2, -0.15) is 5.10 Å². The average molecular weight is 418 g/mol. The quantitative estimate of drug-likeness (QED) is 0.428. The number of aromatic nitrogens is 2. The van der Waals surface area contributed by atoms with Gasteiger partial charge in [-0.25, -0.2) is 0 Å². The highest BCUT2D eigenvalue weighted by Crippen LogP contribution is 2.28. The maximum atomic E-state index is 13.3. The van der Waals surface area contributed by atoms with Crippen molar-refractivity contribution in [2.24, 2.45) is 0 Å². The summed E-state index contributed by atoms with van der Waals surface area (Å²) in [5, 5.41) is 6.75. The van der Waals surface area contributed by atoms with Crippen molar-refractivity contribution in [1.82, 2.24) is 14.7 Å². The second-order valence-electron chi connectivity index (χ2n) is 7.06. The minimum absolute atomic E-state index is 0.0477. The van der Waals surface area contributed by atoms with E-state index in [1.165, 1.54) is 0 Å². The Labute approximate surface area is 180 Å². The molecule has 0 saturated carbocycles. The van der Waals surface area contributed by atoms with Crippen LogP contribution in [0.5, 0.6) is 5.75 Å². The van der Waals surface area contributed by atoms with Crippen LogP contribution in [-0.2, 0) is 13.1 Å². The Bertz CT molecular complexity index is 1100. The molecule has 5 nitrogen and oxygen atoms in total. The number of carbonyl (C=O) groups is 1. The number of rotatable bonds is 7. The summed E-state index contributed by atoms with van der Waals surface area (Å²) in [5.41, 5.74) is 3.53. The fraction of sp³-hybridized carbons (Fsp3) is 0.167. The van der Waals surface area contributed by atoms with Crippen LogP contribution in [0.3, 0.4) is 0 Å². The molecule has 0 radical (unpaired) electrons. The normalized spacial score (nSPS) is 10.7. The Hall–Kier alpha value is -3.38. The molecule has 30 heavy (non-hydrogen) atoms. The highest BCUT2D eigenvalue weighted by atomic mass is 32.1. The molecule has 2 aromatic carbocycles. The van der Waals surface area contributed by atoms with E-state index in [0.29, 0.717) is 18.7 Å². The zero-order chi connectivity index (χ0) is 20.9. The maximum Gasteiger partial charge on any atom is 0.257 e. The molecule has 0 unspecified atom stereocenters. The molecule has 0 aliphatic heterocycles. The third-order valence-corrected chi connectivity index (χ3v) is 5.74. The van der Waals surface area contributed by atoms with E-state index in [1.807, 2.05) is 77.9 Å². The number of ether oxygens (including phenoxy) is 1. The number of amides is 1. The van der Waals surface area contributed by atoms with Gasteiger partial charge in [0.15, 0.2) is 0 Å². The minimum Gasteiger partial charge on any atom is -0.497 e. The molecule has 152 valence electrons. The standard InChI is InChI=1S/C24H23N3O2S/c1-26(15-19-10-12-20(29-2)13-11-19)24(28)21-17-27(16-18-7-4-3-5-8-18)25-23(21)22-9-6-14-30-22/h3-14,17H,15-16H2,1-2H3. The number of methoxy groups -OCH3 is 1. The van der Waals surface area contributed by atoms with E-state index in [2.05, 4.69) is 12.1 Å². The second kappa shape index (κ2) is 8.97. The molecule has 4 aromatic rings. The lowest BCUT2D eigenvalue weighted by atomic mass is 10.1. The molecule has 0 fully saturated rings. The number of benzene rings is 2. The van der Waals surface area contributed by atoms with Crippen molar-refractivity contribution in [2.45, 2.75) is 13.1 Å². The van der Waals surface area contributed by atoms with E-state index < -0.39 is 0 Å². The fourth-order valence-corrected chi connectivity index (χ4v) is 4.03. The van der Waals surface area contributed by atoms with E-state index in [9.17, 15) is 4.79 Å². The summed E-state index contributed by atoms with van der Waals surface area (Å²) in [6, 6.07) is 21.9. The molecule has 0 saturated heterocycles. The summed E-state index contributed by atoms with van der Waals surface area (Å²) in [6.45, 7) is 1.13. The molecule has 1 amide bonds. The van der Waals surface area contributed by atoms with E-state index in [1.54, 1.807) is 23.3 Å². The Morgan fingerprint density at radius 1 is 1.03 bits per heavy atom. The largest absolute Gasteiger partial charge is 0.497 e. The van der Waals surface area contributed by atoms with Crippen LogP contribution in [-0.4, -0.2) is 34.7 Å². The number of nitrogens with zero attached hydrogens (tertiary/aromatic N) is 3. The molecule has 0 atom stereocenters. The Balaban J connectivity index is 1.59. The first-order valence-electron chi connectivity index (χ1n) is 9.67. The lowest BCUT2D eigenvalue weighted by molar-refractivity contribution is 0.0786. The monoisotopic (exact) mass is 417 g/mol. The van der Waals surface area contributed by atoms with Crippen molar-refractivity contribution in [3.63, 3.8) is 0 Å². The SMILES string of the molecule is COc1ccc(CN(C)C(=O)c2cn(Cc3ccccc3)nc2-c2cccs2)cc1. The van der Waals surface area contributed by atoms with E-state index in [0.717, 1.165) is 27.4 Å². The predicted octanol–water partition coefficient (Wildman–Crippen LogP) is 4.94. The topological polar surface area (TPSA) is 47.4 Å². The zero-order valence-corrected chi connectivity index (χ0v) is 17.8. The zero-order valence-electron chi connectivity index (χ0n) is 17.0. The van der Waals surface area contributed by atoms with Crippen LogP contribution in [0.15, 0.2) is 78.3 Å². The third kappa shape index (κ3) is 4.44. The van der Waals surface area contributed by atoms with Crippen LogP contribution in [0.2, 0.25) is 0 Å². The summed E-state index contributed by atoms with van der Waals surface area (Å²) >= 11 is 1.59. The van der Waals surface area contributed by atoms with E-state index in [4.69, 9.17) is 9.84 Å². The van der Waals surface area contributed by atoms with Gasteiger partial charge in [0.2, 0.25) is 0 Å². The first-order chi connectivity index (χ1) is 14.6. The second-order valence-corrected chi connectivity index (χ2v) is 8.01. The lowest BCUT2D eigenvalue weighted by Gasteiger charge is -2.17. The minimum atomic E-state index is -0.0477. The molecule has 6 heteroatoms. The van der Waals surface area contributed by atoms with Gasteiger partial charge >= 0.3 is 0 Å². The van der Waals surface area contributed by atoms with Gasteiger partial charge in [0.05, 0.1) is 24.1 Å². The van der Waals surface area contributed by atoms with Gasteiger partial charge in [-0.05, 0) is 34.7 Å². The van der Waals surface area contributed by atoms with Crippen LogP contribution in [0.25, 0.3) is 10.6 Å². The first-order valence-corrected chi connectivity index (χ1v) is 10.6. The molecular formula is C24H23N3O2S. The molecule has 0 aliphatic rings. The maximum absolute atomic E-state index is 13.3. The Morgan fingerprint density at radius 3 is 2.47 bits per heavy atom. The van der Waals surface area contributed by atoms with Gasteiger partial charge in [-0.3, -0.25) is 9.48 Å². The molecule has 0 spiro atoms. The summed E-state index contributed by atoms with van der Waals surface area (Å²) < 4.78 is 7.06. The van der Waals surface area contributed by atoms with Crippen molar-refractivity contribution in [3.05, 3.63) is 95.0 Å². The van der Waals surface area contributed by atoms with Crippen molar-refractivity contribution in [2.75, 3.05) is 14.2 Å². The van der Waals surface area contributed by atoms with Gasteiger partial charge < -0.3 is 9.64 Å². The summed E-state index contributed by atoms with van der Waals surface area (Å²) in [6.07, 6.45) is 1.86. The van der Waals surface area contributed by atoms with Crippen molar-refractivity contribution in [3.8, 4) is 16.3 Å². The van der Waals surface area contributed by atoms with Crippen molar-refractivity contribution < 1.29 is 9.53 Å². The van der Waals surface area contributed by atoms with E-state index >= 15 is 0 Å². The average Bonchev–Trinajstić information content (AvgIpc) is 3.44. The molecule has 0 aliphatic carbocycles. The van der Waals surface area contributed by atoms with Crippen LogP contribution in [0.1, 0.15) is 21.5 Å². The van der Waals surface area contributed by atoms with Gasteiger partial charge in [-0.15, -0.1) is 11.3 Å². The number of thiophene rings is 1. The predicted molar refractivity (Wildman–Crippen MR) is 120 cm³/mol. The lowest BCUT2D eigenvalue weighted by Crippen LogP contribution is -2.26. The molecule has 4 rings (SSSR count). The fourth-order valence-electron chi connectivity index (χ4n) is 3.31. The van der Waals surface area contributed by atoms with Crippen LogP contribution >= 0.6 is 11.3 Å². The van der Waals surface area contributed by atoms with E-state index in [-0.39, 0.29) is 5.91 Å². The summed E-state index contributed by atoms with van der Waals surface area (Å²) in [7, 11) is 3.46. The van der Waals surface area contributed by atoms with Crippen molar-refractivity contribution in [1.29, 1.82) is 0 Å². The highest BCUT2D eigenvalue weighted by molar-refractivity contribution is 7.13. The Morgan fingerprint density at radius 2 is 1.80 bits per heavy atom. The number of hydrogen-bond acceptors (Lipinski definition) is 4. The molecule has 0 bridgehead atoms. The first kappa shape index (κ1) is 19.9. The third-order valence-electron chi connectivity index (χ3n) is 4.86. The summed E-state index contributed by atoms with van der Waals surface area (Å²) in [4.78, 5) is 16.0. The van der Waals surface area contributed by atoms with Crippen LogP contribution in [0.4, 0.5) is 0 Å². The Kier molecular flexibility index (Phi) is 5.95. The number of carbonyl (C=O) groups excluding carboxylic acids is 1. The van der Waals surface area contributed by atoms with Gasteiger partial charge in [0, 0.05) is 19.8 Å². The van der Waals surface area contributed by atoms with Crippen LogP contribution < -0.4 is 4.74 Å².